The minimum Gasteiger partial charge on any atom is -0.386 e. The van der Waals surface area contributed by atoms with Gasteiger partial charge in [-0.3, -0.25) is 25.4 Å². The van der Waals surface area contributed by atoms with E-state index in [9.17, 15) is 14.7 Å². The lowest BCUT2D eigenvalue weighted by Gasteiger charge is -2.49. The molecule has 12 nitrogen and oxygen atoms in total. The lowest BCUT2D eigenvalue weighted by molar-refractivity contribution is 0.00612. The number of carbonyl (C=O) groups is 2. The van der Waals surface area contributed by atoms with Crippen molar-refractivity contribution in [2.24, 2.45) is 0 Å². The number of aromatic nitrogens is 1. The summed E-state index contributed by atoms with van der Waals surface area (Å²) in [5.74, 6) is -0.589. The molecule has 4 heterocycles. The van der Waals surface area contributed by atoms with E-state index in [0.29, 0.717) is 5.56 Å². The monoisotopic (exact) mass is 545 g/mol. The van der Waals surface area contributed by atoms with Crippen molar-refractivity contribution in [3.63, 3.8) is 0 Å². The highest BCUT2D eigenvalue weighted by atomic mass is 16.3. The molecule has 1 aliphatic carbocycles. The summed E-state index contributed by atoms with van der Waals surface area (Å²) in [5.41, 5.74) is 1.86. The van der Waals surface area contributed by atoms with Gasteiger partial charge in [0.1, 0.15) is 11.8 Å². The van der Waals surface area contributed by atoms with Crippen LogP contribution in [0.2, 0.25) is 0 Å². The number of fused-ring (bicyclic) bond motifs is 1. The minimum absolute atomic E-state index is 0.00191. The average Bonchev–Trinajstić information content (AvgIpc) is 3.43. The second-order valence-corrected chi connectivity index (χ2v) is 11.7. The first-order valence-corrected chi connectivity index (χ1v) is 13.7. The van der Waals surface area contributed by atoms with Gasteiger partial charge in [-0.25, -0.2) is 0 Å². The highest BCUT2D eigenvalue weighted by molar-refractivity contribution is 5.97. The molecule has 4 aliphatic rings. The molecule has 12 heteroatoms. The van der Waals surface area contributed by atoms with Crippen molar-refractivity contribution in [1.29, 1.82) is 10.8 Å². The van der Waals surface area contributed by atoms with Crippen molar-refractivity contribution >= 4 is 23.7 Å². The van der Waals surface area contributed by atoms with E-state index in [1.807, 2.05) is 12.1 Å². The summed E-state index contributed by atoms with van der Waals surface area (Å²) >= 11 is 0. The third kappa shape index (κ3) is 4.05. The fraction of sp³-hybridized carbons (Fsp3) is 0.464. The quantitative estimate of drug-likeness (QED) is 0.259. The van der Waals surface area contributed by atoms with E-state index in [-0.39, 0.29) is 47.9 Å². The summed E-state index contributed by atoms with van der Waals surface area (Å²) in [5, 5.41) is 43.9. The van der Waals surface area contributed by atoms with Gasteiger partial charge in [0.15, 0.2) is 17.6 Å². The zero-order valence-electron chi connectivity index (χ0n) is 22.5. The van der Waals surface area contributed by atoms with Gasteiger partial charge in [-0.1, -0.05) is 32.0 Å². The summed E-state index contributed by atoms with van der Waals surface area (Å²) in [6.45, 7) is 4.69. The molecule has 1 spiro atoms. The summed E-state index contributed by atoms with van der Waals surface area (Å²) in [6, 6.07) is 9.09. The number of nitrogens with zero attached hydrogens (tertiary/aromatic N) is 2. The number of hydrogen-bond acceptors (Lipinski definition) is 6. The van der Waals surface area contributed by atoms with Gasteiger partial charge in [0.25, 0.3) is 11.8 Å². The molecule has 3 saturated heterocycles. The summed E-state index contributed by atoms with van der Waals surface area (Å²) in [4.78, 5) is 32.0. The van der Waals surface area contributed by atoms with Crippen molar-refractivity contribution in [2.75, 3.05) is 13.1 Å². The topological polar surface area (TPSA) is 178 Å². The maximum Gasteiger partial charge on any atom is 0.269 e. The van der Waals surface area contributed by atoms with E-state index in [0.717, 1.165) is 24.8 Å². The Morgan fingerprint density at radius 1 is 1.15 bits per heavy atom. The maximum absolute atomic E-state index is 13.6. The third-order valence-corrected chi connectivity index (χ3v) is 8.83. The third-order valence-electron chi connectivity index (χ3n) is 8.83. The molecule has 2 unspecified atom stereocenters. The molecule has 0 saturated carbocycles. The molecule has 2 aromatic rings. The second-order valence-electron chi connectivity index (χ2n) is 11.7. The van der Waals surface area contributed by atoms with Gasteiger partial charge >= 0.3 is 0 Å². The van der Waals surface area contributed by atoms with E-state index in [1.54, 1.807) is 23.1 Å². The standard InChI is InChI=1S/C28H35N9O3/c1-27(2)11-6-8-15-16(7-5-9-17(15)27)23(39)33-20-14-37-26(30)34-19(13-32-24(40)18-10-3-4-12-31-18)21-28(37,22(20)38)36-25(29)35-21/h3-5,7,9-10,12,19-22,38H,6,8,11,13-14H2,1-2H3,(H2,30,34)(H,32,40)(H,33,39)(H3,29,35,36)/t19-,20?,21-,22+,28?/m0/s1. The number of nitrogens with one attached hydrogen (secondary N) is 7. The van der Waals surface area contributed by atoms with Gasteiger partial charge in [0.2, 0.25) is 0 Å². The van der Waals surface area contributed by atoms with Crippen LogP contribution in [0.25, 0.3) is 0 Å². The van der Waals surface area contributed by atoms with Gasteiger partial charge in [-0.15, -0.1) is 0 Å². The largest absolute Gasteiger partial charge is 0.386 e. The Morgan fingerprint density at radius 2 is 1.98 bits per heavy atom. The second kappa shape index (κ2) is 9.47. The van der Waals surface area contributed by atoms with Crippen LogP contribution < -0.4 is 26.6 Å². The van der Waals surface area contributed by atoms with Crippen LogP contribution in [0.5, 0.6) is 0 Å². The fourth-order valence-corrected chi connectivity index (χ4v) is 6.88. The number of aliphatic hydroxyl groups is 1. The molecular formula is C28H35N9O3. The van der Waals surface area contributed by atoms with Crippen LogP contribution in [0.4, 0.5) is 0 Å². The van der Waals surface area contributed by atoms with Crippen LogP contribution in [0.1, 0.15) is 58.7 Å². The molecule has 1 aromatic heterocycles. The molecule has 3 aliphatic heterocycles. The SMILES string of the molecule is CC1(C)CCCc2c(C(=O)NC3CN4C(=N)N[C@@H](CNC(=O)c5ccccn5)[C@@H]5NC(=N)NC54[C@@H]3O)cccc21. The molecule has 1 aromatic carbocycles. The molecule has 5 atom stereocenters. The Balaban J connectivity index is 1.23. The molecule has 0 radical (unpaired) electrons. The minimum atomic E-state index is -1.25. The molecule has 8 N–H and O–H groups in total. The first-order valence-electron chi connectivity index (χ1n) is 13.7. The van der Waals surface area contributed by atoms with Crippen molar-refractivity contribution < 1.29 is 14.7 Å². The van der Waals surface area contributed by atoms with Gasteiger partial charge in [-0.05, 0) is 54.0 Å². The highest BCUT2D eigenvalue weighted by Gasteiger charge is 2.66. The summed E-state index contributed by atoms with van der Waals surface area (Å²) in [6.07, 6.45) is 3.29. The highest BCUT2D eigenvalue weighted by Crippen LogP contribution is 2.39. The maximum atomic E-state index is 13.6. The Labute approximate surface area is 232 Å². The Morgan fingerprint density at radius 3 is 2.75 bits per heavy atom. The molecule has 40 heavy (non-hydrogen) atoms. The van der Waals surface area contributed by atoms with Crippen LogP contribution >= 0.6 is 0 Å². The van der Waals surface area contributed by atoms with Gasteiger partial charge in [0, 0.05) is 24.8 Å². The molecule has 0 bridgehead atoms. The number of pyridine rings is 1. The van der Waals surface area contributed by atoms with Crippen LogP contribution in [0, 0.1) is 10.8 Å². The number of hydrogen-bond donors (Lipinski definition) is 8. The number of benzene rings is 1. The first-order chi connectivity index (χ1) is 19.1. The van der Waals surface area contributed by atoms with E-state index in [4.69, 9.17) is 10.8 Å². The molecule has 210 valence electrons. The Kier molecular flexibility index (Phi) is 6.17. The number of carbonyl (C=O) groups excluding carboxylic acids is 2. The summed E-state index contributed by atoms with van der Waals surface area (Å²) in [7, 11) is 0. The summed E-state index contributed by atoms with van der Waals surface area (Å²) < 4.78 is 0. The predicted molar refractivity (Wildman–Crippen MR) is 148 cm³/mol. The molecule has 2 amide bonds. The van der Waals surface area contributed by atoms with E-state index < -0.39 is 29.9 Å². The lowest BCUT2D eigenvalue weighted by atomic mass is 9.71. The molecule has 6 rings (SSSR count). The number of rotatable bonds is 5. The number of amides is 2. The lowest BCUT2D eigenvalue weighted by Crippen LogP contribution is -2.78. The average molecular weight is 546 g/mol. The van der Waals surface area contributed by atoms with Crippen molar-refractivity contribution in [3.05, 3.63) is 65.0 Å². The van der Waals surface area contributed by atoms with Crippen LogP contribution in [-0.4, -0.2) is 81.7 Å². The Hall–Kier alpha value is -4.19. The van der Waals surface area contributed by atoms with Crippen molar-refractivity contribution in [2.45, 2.75) is 68.4 Å². The van der Waals surface area contributed by atoms with Crippen LogP contribution in [0.3, 0.4) is 0 Å². The predicted octanol–water partition coefficient (Wildman–Crippen LogP) is -0.000560. The normalized spacial score (nSPS) is 29.7. The van der Waals surface area contributed by atoms with Crippen LogP contribution in [-0.2, 0) is 11.8 Å². The Bertz CT molecular complexity index is 1380. The smallest absolute Gasteiger partial charge is 0.269 e. The number of guanidine groups is 2. The van der Waals surface area contributed by atoms with E-state index >= 15 is 0 Å². The van der Waals surface area contributed by atoms with E-state index in [1.165, 1.54) is 11.8 Å². The van der Waals surface area contributed by atoms with Crippen molar-refractivity contribution in [1.82, 2.24) is 36.5 Å². The van der Waals surface area contributed by atoms with Crippen LogP contribution in [0.15, 0.2) is 42.6 Å². The molecular weight excluding hydrogens is 510 g/mol. The fourth-order valence-electron chi connectivity index (χ4n) is 6.88. The number of aliphatic hydroxyl groups excluding tert-OH is 1. The molecule has 3 fully saturated rings. The van der Waals surface area contributed by atoms with Crippen molar-refractivity contribution in [3.8, 4) is 0 Å². The first kappa shape index (κ1) is 26.1. The zero-order chi connectivity index (χ0) is 28.2. The van der Waals surface area contributed by atoms with Gasteiger partial charge < -0.3 is 36.6 Å². The van der Waals surface area contributed by atoms with Gasteiger partial charge in [-0.2, -0.15) is 0 Å². The van der Waals surface area contributed by atoms with Gasteiger partial charge in [0.05, 0.1) is 18.1 Å². The zero-order valence-corrected chi connectivity index (χ0v) is 22.5. The van der Waals surface area contributed by atoms with E-state index in [2.05, 4.69) is 51.5 Å².